The Morgan fingerprint density at radius 1 is 1.04 bits per heavy atom. The highest BCUT2D eigenvalue weighted by atomic mass is 16.5. The molecular formula is C20H24N4O3. The molecular weight excluding hydrogens is 344 g/mol. The van der Waals surface area contributed by atoms with Crippen LogP contribution in [0.5, 0.6) is 0 Å². The summed E-state index contributed by atoms with van der Waals surface area (Å²) in [7, 11) is 0. The van der Waals surface area contributed by atoms with Gasteiger partial charge in [0.2, 0.25) is 11.8 Å². The van der Waals surface area contributed by atoms with E-state index < -0.39 is 5.41 Å². The Morgan fingerprint density at radius 3 is 2.30 bits per heavy atom. The number of anilines is 3. The molecule has 1 aliphatic carbocycles. The second-order valence-corrected chi connectivity index (χ2v) is 7.41. The van der Waals surface area contributed by atoms with Crippen molar-refractivity contribution in [2.24, 2.45) is 5.41 Å². The Morgan fingerprint density at radius 2 is 1.70 bits per heavy atom. The first-order valence-corrected chi connectivity index (χ1v) is 9.48. The van der Waals surface area contributed by atoms with Crippen molar-refractivity contribution in [1.82, 2.24) is 5.16 Å². The second-order valence-electron chi connectivity index (χ2n) is 7.41. The summed E-state index contributed by atoms with van der Waals surface area (Å²) in [6, 6.07) is 9.48. The van der Waals surface area contributed by atoms with Crippen LogP contribution in [0.2, 0.25) is 0 Å². The van der Waals surface area contributed by atoms with Gasteiger partial charge in [-0.25, -0.2) is 0 Å². The number of carbonyl (C=O) groups is 2. The number of nitrogens with one attached hydrogen (secondary N) is 2. The van der Waals surface area contributed by atoms with Crippen LogP contribution in [0.3, 0.4) is 0 Å². The molecule has 142 valence electrons. The zero-order valence-electron chi connectivity index (χ0n) is 15.5. The third-order valence-electron chi connectivity index (χ3n) is 5.34. The number of hydrogen-bond acceptors (Lipinski definition) is 5. The number of carbonyl (C=O) groups excluding carboxylic acids is 2. The van der Waals surface area contributed by atoms with Crippen LogP contribution in [-0.2, 0) is 9.59 Å². The van der Waals surface area contributed by atoms with Crippen LogP contribution in [0.15, 0.2) is 34.9 Å². The van der Waals surface area contributed by atoms with E-state index in [1.807, 2.05) is 24.3 Å². The molecule has 0 unspecified atom stereocenters. The molecule has 2 fully saturated rings. The highest BCUT2D eigenvalue weighted by Crippen LogP contribution is 2.47. The standard InChI is InChI=1S/C20H24N4O3/c1-14-13-17(23-27-14)22-19(26)20(9-10-20)18(25)21-15-5-7-16(8-6-15)24-11-3-2-4-12-24/h5-8,13H,2-4,9-12H2,1H3,(H,21,25)(H,22,23,26). The lowest BCUT2D eigenvalue weighted by molar-refractivity contribution is -0.131. The molecule has 2 heterocycles. The molecule has 7 heteroatoms. The van der Waals surface area contributed by atoms with Gasteiger partial charge in [-0.15, -0.1) is 0 Å². The van der Waals surface area contributed by atoms with Gasteiger partial charge in [0, 0.05) is 30.5 Å². The summed E-state index contributed by atoms with van der Waals surface area (Å²) >= 11 is 0. The fourth-order valence-corrected chi connectivity index (χ4v) is 3.50. The molecule has 0 spiro atoms. The first-order chi connectivity index (χ1) is 13.1. The molecule has 0 radical (unpaired) electrons. The highest BCUT2D eigenvalue weighted by Gasteiger charge is 2.56. The number of amides is 2. The van der Waals surface area contributed by atoms with Crippen molar-refractivity contribution in [2.75, 3.05) is 28.6 Å². The van der Waals surface area contributed by atoms with Gasteiger partial charge in [0.25, 0.3) is 0 Å². The Balaban J connectivity index is 1.38. The summed E-state index contributed by atoms with van der Waals surface area (Å²) in [5, 5.41) is 9.31. The topological polar surface area (TPSA) is 87.5 Å². The Kier molecular flexibility index (Phi) is 4.59. The zero-order valence-corrected chi connectivity index (χ0v) is 15.5. The number of benzene rings is 1. The third kappa shape index (κ3) is 3.67. The van der Waals surface area contributed by atoms with Crippen molar-refractivity contribution >= 4 is 29.0 Å². The van der Waals surface area contributed by atoms with Crippen molar-refractivity contribution in [3.63, 3.8) is 0 Å². The number of nitrogens with zero attached hydrogens (tertiary/aromatic N) is 2. The average molecular weight is 368 g/mol. The largest absolute Gasteiger partial charge is 0.372 e. The Hall–Kier alpha value is -2.83. The van der Waals surface area contributed by atoms with E-state index in [2.05, 4.69) is 20.7 Å². The lowest BCUT2D eigenvalue weighted by Gasteiger charge is -2.28. The predicted molar refractivity (Wildman–Crippen MR) is 103 cm³/mol. The van der Waals surface area contributed by atoms with Crippen molar-refractivity contribution in [3.8, 4) is 0 Å². The SMILES string of the molecule is Cc1cc(NC(=O)C2(C(=O)Nc3ccc(N4CCCCC4)cc3)CC2)no1. The van der Waals surface area contributed by atoms with Crippen LogP contribution in [0, 0.1) is 12.3 Å². The van der Waals surface area contributed by atoms with E-state index in [1.165, 1.54) is 24.9 Å². The van der Waals surface area contributed by atoms with Gasteiger partial charge in [0.15, 0.2) is 5.82 Å². The summed E-state index contributed by atoms with van der Waals surface area (Å²) < 4.78 is 4.95. The number of rotatable bonds is 5. The van der Waals surface area contributed by atoms with Crippen molar-refractivity contribution < 1.29 is 14.1 Å². The van der Waals surface area contributed by atoms with E-state index in [-0.39, 0.29) is 11.8 Å². The molecule has 27 heavy (non-hydrogen) atoms. The number of aryl methyl sites for hydroxylation is 1. The van der Waals surface area contributed by atoms with E-state index in [9.17, 15) is 9.59 Å². The van der Waals surface area contributed by atoms with Gasteiger partial charge >= 0.3 is 0 Å². The van der Waals surface area contributed by atoms with Crippen molar-refractivity contribution in [3.05, 3.63) is 36.1 Å². The second kappa shape index (κ2) is 7.06. The molecule has 7 nitrogen and oxygen atoms in total. The number of aromatic nitrogens is 1. The molecule has 2 aromatic rings. The van der Waals surface area contributed by atoms with E-state index in [4.69, 9.17) is 4.52 Å². The molecule has 0 bridgehead atoms. The summed E-state index contributed by atoms with van der Waals surface area (Å²) in [6.45, 7) is 3.91. The van der Waals surface area contributed by atoms with Gasteiger partial charge in [-0.2, -0.15) is 0 Å². The maximum absolute atomic E-state index is 12.7. The third-order valence-corrected chi connectivity index (χ3v) is 5.34. The zero-order chi connectivity index (χ0) is 18.9. The fraction of sp³-hybridized carbons (Fsp3) is 0.450. The predicted octanol–water partition coefficient (Wildman–Crippen LogP) is 3.33. The maximum Gasteiger partial charge on any atom is 0.241 e. The first-order valence-electron chi connectivity index (χ1n) is 9.48. The normalized spacial score (nSPS) is 18.0. The van der Waals surface area contributed by atoms with Crippen LogP contribution in [0.4, 0.5) is 17.2 Å². The van der Waals surface area contributed by atoms with Gasteiger partial charge in [-0.05, 0) is 63.3 Å². The summed E-state index contributed by atoms with van der Waals surface area (Å²) in [4.78, 5) is 27.6. The number of piperidine rings is 1. The van der Waals surface area contributed by atoms with Crippen LogP contribution in [0.25, 0.3) is 0 Å². The van der Waals surface area contributed by atoms with Crippen LogP contribution in [-0.4, -0.2) is 30.1 Å². The minimum Gasteiger partial charge on any atom is -0.372 e. The summed E-state index contributed by atoms with van der Waals surface area (Å²) in [6.07, 6.45) is 4.81. The average Bonchev–Trinajstić information content (AvgIpc) is 3.41. The summed E-state index contributed by atoms with van der Waals surface area (Å²) in [5.41, 5.74) is 0.864. The first kappa shape index (κ1) is 17.6. The summed E-state index contributed by atoms with van der Waals surface area (Å²) in [5.74, 6) is 0.333. The van der Waals surface area contributed by atoms with Gasteiger partial charge in [0.1, 0.15) is 11.2 Å². The minimum atomic E-state index is -1.02. The Bertz CT molecular complexity index is 833. The van der Waals surface area contributed by atoms with Gasteiger partial charge < -0.3 is 20.1 Å². The van der Waals surface area contributed by atoms with Crippen molar-refractivity contribution in [1.29, 1.82) is 0 Å². The van der Waals surface area contributed by atoms with Gasteiger partial charge in [0.05, 0.1) is 0 Å². The lowest BCUT2D eigenvalue weighted by Crippen LogP contribution is -2.35. The fourth-order valence-electron chi connectivity index (χ4n) is 3.50. The molecule has 2 amide bonds. The van der Waals surface area contributed by atoms with E-state index in [0.29, 0.717) is 30.1 Å². The molecule has 1 aromatic carbocycles. The molecule has 4 rings (SSSR count). The molecule has 1 aliphatic heterocycles. The van der Waals surface area contributed by atoms with E-state index in [0.717, 1.165) is 13.1 Å². The van der Waals surface area contributed by atoms with Crippen LogP contribution < -0.4 is 15.5 Å². The molecule has 1 saturated carbocycles. The smallest absolute Gasteiger partial charge is 0.241 e. The minimum absolute atomic E-state index is 0.272. The monoisotopic (exact) mass is 368 g/mol. The number of hydrogen-bond donors (Lipinski definition) is 2. The van der Waals surface area contributed by atoms with E-state index >= 15 is 0 Å². The van der Waals surface area contributed by atoms with Gasteiger partial charge in [-0.1, -0.05) is 5.16 Å². The van der Waals surface area contributed by atoms with Crippen LogP contribution in [0.1, 0.15) is 37.9 Å². The van der Waals surface area contributed by atoms with Crippen molar-refractivity contribution in [2.45, 2.75) is 39.0 Å². The molecule has 2 N–H and O–H groups in total. The molecule has 0 atom stereocenters. The molecule has 2 aliphatic rings. The van der Waals surface area contributed by atoms with Gasteiger partial charge in [-0.3, -0.25) is 9.59 Å². The quantitative estimate of drug-likeness (QED) is 0.791. The highest BCUT2D eigenvalue weighted by molar-refractivity contribution is 6.16. The molecule has 1 aromatic heterocycles. The van der Waals surface area contributed by atoms with E-state index in [1.54, 1.807) is 13.0 Å². The molecule has 1 saturated heterocycles. The lowest BCUT2D eigenvalue weighted by atomic mass is 10.0. The van der Waals surface area contributed by atoms with Crippen LogP contribution >= 0.6 is 0 Å². The maximum atomic E-state index is 12.7. The Labute approximate surface area is 158 Å².